The Morgan fingerprint density at radius 1 is 1.08 bits per heavy atom. The van der Waals surface area contributed by atoms with E-state index < -0.39 is 7.80 Å². The van der Waals surface area contributed by atoms with Crippen LogP contribution in [0.5, 0.6) is 0 Å². The molecule has 2 unspecified atom stereocenters. The molecule has 2 aromatic carbocycles. The van der Waals surface area contributed by atoms with E-state index in [-0.39, 0.29) is 16.9 Å². The van der Waals surface area contributed by atoms with E-state index in [4.69, 9.17) is 0 Å². The van der Waals surface area contributed by atoms with Crippen LogP contribution in [0.15, 0.2) is 36.4 Å². The normalized spacial score (nSPS) is 14.1. The Morgan fingerprint density at radius 3 is 2.12 bits per heavy atom. The second-order valence-electron chi connectivity index (χ2n) is 8.28. The van der Waals surface area contributed by atoms with Crippen LogP contribution in [0.2, 0.25) is 0 Å². The quantitative estimate of drug-likeness (QED) is 0.491. The zero-order chi connectivity index (χ0) is 19.6. The molecule has 0 fully saturated rings. The van der Waals surface area contributed by atoms with Crippen molar-refractivity contribution in [3.63, 3.8) is 0 Å². The number of ketones is 1. The first-order valence-corrected chi connectivity index (χ1v) is 10.9. The Hall–Kier alpha value is -1.66. The minimum atomic E-state index is -2.00. The number of hydrogen-bond acceptors (Lipinski definition) is 2. The van der Waals surface area contributed by atoms with E-state index in [1.165, 1.54) is 5.56 Å². The third-order valence-electron chi connectivity index (χ3n) is 5.12. The average molecular weight is 370 g/mol. The van der Waals surface area contributed by atoms with Crippen molar-refractivity contribution in [2.24, 2.45) is 0 Å². The summed E-state index contributed by atoms with van der Waals surface area (Å²) in [6.07, 6.45) is 0.846. The molecule has 140 valence electrons. The first-order chi connectivity index (χ1) is 12.1. The minimum absolute atomic E-state index is 0.0160. The van der Waals surface area contributed by atoms with Gasteiger partial charge in [0.1, 0.15) is 7.80 Å². The van der Waals surface area contributed by atoms with Gasteiger partial charge in [-0.15, -0.1) is 0 Å². The highest BCUT2D eigenvalue weighted by Crippen LogP contribution is 2.33. The van der Waals surface area contributed by atoms with E-state index in [0.717, 1.165) is 28.4 Å². The summed E-state index contributed by atoms with van der Waals surface area (Å²) in [7, 11) is -2.00. The number of carbonyl (C=O) groups excluding carboxylic acids is 1. The van der Waals surface area contributed by atoms with Gasteiger partial charge in [-0.1, -0.05) is 71.0 Å². The zero-order valence-corrected chi connectivity index (χ0v) is 18.1. The van der Waals surface area contributed by atoms with Gasteiger partial charge in [-0.25, -0.2) is 0 Å². The predicted octanol–water partition coefficient (Wildman–Crippen LogP) is 5.82. The van der Waals surface area contributed by atoms with Crippen LogP contribution < -0.4 is 5.30 Å². The first kappa shape index (κ1) is 20.6. The molecule has 26 heavy (non-hydrogen) atoms. The van der Waals surface area contributed by atoms with Crippen LogP contribution in [-0.2, 0) is 9.98 Å². The molecule has 0 amide bonds. The summed E-state index contributed by atoms with van der Waals surface area (Å²) in [6, 6.07) is 11.6. The maximum atomic E-state index is 13.4. The molecule has 0 spiro atoms. The van der Waals surface area contributed by atoms with E-state index in [1.807, 2.05) is 52.0 Å². The molecule has 0 bridgehead atoms. The molecule has 2 aromatic rings. The largest absolute Gasteiger partial charge is 0.322 e. The van der Waals surface area contributed by atoms with Gasteiger partial charge in [0.15, 0.2) is 5.78 Å². The average Bonchev–Trinajstić information content (AvgIpc) is 2.58. The van der Waals surface area contributed by atoms with Crippen molar-refractivity contribution < 1.29 is 9.36 Å². The summed E-state index contributed by atoms with van der Waals surface area (Å²) in [5.74, 6) is -0.0160. The van der Waals surface area contributed by atoms with Gasteiger partial charge in [-0.3, -0.25) is 4.79 Å². The molecule has 0 saturated heterocycles. The fourth-order valence-corrected chi connectivity index (χ4v) is 4.86. The first-order valence-electron chi connectivity index (χ1n) is 9.37. The lowest BCUT2D eigenvalue weighted by atomic mass is 9.82. The summed E-state index contributed by atoms with van der Waals surface area (Å²) in [5.41, 5.74) is 4.66. The molecule has 0 aliphatic heterocycles. The third-order valence-corrected chi connectivity index (χ3v) is 7.39. The molecule has 2 rings (SSSR count). The Balaban J connectivity index is 2.57. The standard InChI is InChI=1S/C23H31O2P/c1-8-17(4)26(25)20-12-10-9-11-19(20)22(24)21-15(2)13-18(14-16(21)3)23(5,6)7/h9-14,17,26H,8H2,1-7H3. The Bertz CT molecular complexity index is 821. The molecular formula is C23H31O2P. The van der Waals surface area contributed by atoms with Crippen molar-refractivity contribution in [3.8, 4) is 0 Å². The smallest absolute Gasteiger partial charge is 0.194 e. The highest BCUT2D eigenvalue weighted by atomic mass is 31.1. The summed E-state index contributed by atoms with van der Waals surface area (Å²) in [4.78, 5) is 13.4. The van der Waals surface area contributed by atoms with Crippen LogP contribution in [0.3, 0.4) is 0 Å². The van der Waals surface area contributed by atoms with Gasteiger partial charge in [0.2, 0.25) is 0 Å². The van der Waals surface area contributed by atoms with Crippen LogP contribution in [0.1, 0.15) is 73.7 Å². The van der Waals surface area contributed by atoms with Crippen LogP contribution in [0, 0.1) is 13.8 Å². The highest BCUT2D eigenvalue weighted by molar-refractivity contribution is 7.54. The van der Waals surface area contributed by atoms with Crippen LogP contribution in [0.25, 0.3) is 0 Å². The van der Waals surface area contributed by atoms with Crippen molar-refractivity contribution in [1.29, 1.82) is 0 Å². The minimum Gasteiger partial charge on any atom is -0.322 e. The lowest BCUT2D eigenvalue weighted by Gasteiger charge is -2.22. The molecular weight excluding hydrogens is 339 g/mol. The third kappa shape index (κ3) is 4.18. The number of carbonyl (C=O) groups is 1. The monoisotopic (exact) mass is 370 g/mol. The SMILES string of the molecule is CCC(C)[PH](=O)c1ccccc1C(=O)c1c(C)cc(C(C)(C)C)cc1C. The van der Waals surface area contributed by atoms with Gasteiger partial charge in [-0.2, -0.15) is 0 Å². The zero-order valence-electron chi connectivity index (χ0n) is 17.1. The highest BCUT2D eigenvalue weighted by Gasteiger charge is 2.24. The maximum absolute atomic E-state index is 13.4. The fraction of sp³-hybridized carbons (Fsp3) is 0.435. The van der Waals surface area contributed by atoms with Crippen LogP contribution >= 0.6 is 7.80 Å². The van der Waals surface area contributed by atoms with Crippen LogP contribution in [0.4, 0.5) is 0 Å². The topological polar surface area (TPSA) is 34.1 Å². The van der Waals surface area contributed by atoms with Gasteiger partial charge >= 0.3 is 0 Å². The maximum Gasteiger partial charge on any atom is 0.194 e. The number of aryl methyl sites for hydroxylation is 2. The summed E-state index contributed by atoms with van der Waals surface area (Å²) in [5, 5.41) is 0.718. The Morgan fingerprint density at radius 2 is 1.62 bits per heavy atom. The van der Waals surface area contributed by atoms with Crippen molar-refractivity contribution in [2.45, 2.75) is 66.0 Å². The van der Waals surface area contributed by atoms with Gasteiger partial charge < -0.3 is 4.57 Å². The molecule has 2 nitrogen and oxygen atoms in total. The van der Waals surface area contributed by atoms with Gasteiger partial charge in [0, 0.05) is 22.1 Å². The van der Waals surface area contributed by atoms with E-state index in [9.17, 15) is 9.36 Å². The van der Waals surface area contributed by atoms with E-state index in [2.05, 4.69) is 32.9 Å². The van der Waals surface area contributed by atoms with Crippen LogP contribution in [-0.4, -0.2) is 11.4 Å². The number of hydrogen-bond donors (Lipinski definition) is 0. The Kier molecular flexibility index (Phi) is 6.29. The van der Waals surface area contributed by atoms with Gasteiger partial charge in [-0.05, 0) is 42.4 Å². The molecule has 0 radical (unpaired) electrons. The molecule has 2 atom stereocenters. The second kappa shape index (κ2) is 7.92. The second-order valence-corrected chi connectivity index (χ2v) is 10.5. The number of rotatable bonds is 5. The van der Waals surface area contributed by atoms with E-state index >= 15 is 0 Å². The molecule has 3 heteroatoms. The summed E-state index contributed by atoms with van der Waals surface area (Å²) in [6.45, 7) is 14.6. The van der Waals surface area contributed by atoms with Gasteiger partial charge in [0.05, 0.1) is 0 Å². The number of benzene rings is 2. The van der Waals surface area contributed by atoms with E-state index in [1.54, 1.807) is 0 Å². The molecule has 0 aromatic heterocycles. The lowest BCUT2D eigenvalue weighted by Crippen LogP contribution is -2.19. The van der Waals surface area contributed by atoms with Crippen molar-refractivity contribution in [3.05, 3.63) is 64.2 Å². The molecule has 0 heterocycles. The molecule has 0 saturated carbocycles. The molecule has 0 aliphatic rings. The molecule has 0 N–H and O–H groups in total. The van der Waals surface area contributed by atoms with E-state index in [0.29, 0.717) is 5.56 Å². The van der Waals surface area contributed by atoms with Crippen molar-refractivity contribution in [2.75, 3.05) is 0 Å². The predicted molar refractivity (Wildman–Crippen MR) is 113 cm³/mol. The fourth-order valence-electron chi connectivity index (χ4n) is 3.24. The van der Waals surface area contributed by atoms with Crippen molar-refractivity contribution >= 4 is 18.9 Å². The van der Waals surface area contributed by atoms with Gasteiger partial charge in [0.25, 0.3) is 0 Å². The van der Waals surface area contributed by atoms with Crippen molar-refractivity contribution in [1.82, 2.24) is 0 Å². The molecule has 0 aliphatic carbocycles. The summed E-state index contributed by atoms with van der Waals surface area (Å²) < 4.78 is 12.9. The lowest BCUT2D eigenvalue weighted by molar-refractivity contribution is 0.103. The Labute approximate surface area is 158 Å². The summed E-state index contributed by atoms with van der Waals surface area (Å²) >= 11 is 0.